The number of methoxy groups -OCH3 is 2. The van der Waals surface area contributed by atoms with Gasteiger partial charge in [0.05, 0.1) is 14.2 Å². The SMILES string of the molecule is COc1nc(Cl)nc(OC)c1C(=O)O. The van der Waals surface area contributed by atoms with Crippen LogP contribution in [-0.4, -0.2) is 35.3 Å². The minimum atomic E-state index is -1.24. The average molecular weight is 219 g/mol. The second-order valence-electron chi connectivity index (χ2n) is 2.19. The average Bonchev–Trinajstić information content (AvgIpc) is 2.15. The fourth-order valence-corrected chi connectivity index (χ4v) is 1.03. The summed E-state index contributed by atoms with van der Waals surface area (Å²) < 4.78 is 9.47. The Hall–Kier alpha value is -1.56. The molecule has 1 N–H and O–H groups in total. The van der Waals surface area contributed by atoms with Crippen molar-refractivity contribution in [1.82, 2.24) is 9.97 Å². The first-order chi connectivity index (χ1) is 6.60. The normalized spacial score (nSPS) is 9.64. The van der Waals surface area contributed by atoms with E-state index in [1.807, 2.05) is 0 Å². The monoisotopic (exact) mass is 218 g/mol. The molecule has 0 spiro atoms. The van der Waals surface area contributed by atoms with Crippen molar-refractivity contribution >= 4 is 17.6 Å². The number of aromatic carboxylic acids is 1. The van der Waals surface area contributed by atoms with E-state index in [-0.39, 0.29) is 22.6 Å². The van der Waals surface area contributed by atoms with Gasteiger partial charge in [0.2, 0.25) is 17.0 Å². The molecule has 0 aromatic carbocycles. The first-order valence-electron chi connectivity index (χ1n) is 3.49. The summed E-state index contributed by atoms with van der Waals surface area (Å²) >= 11 is 5.51. The zero-order chi connectivity index (χ0) is 10.7. The Morgan fingerprint density at radius 2 is 1.71 bits per heavy atom. The van der Waals surface area contributed by atoms with Crippen molar-refractivity contribution in [3.63, 3.8) is 0 Å². The van der Waals surface area contributed by atoms with E-state index in [2.05, 4.69) is 9.97 Å². The van der Waals surface area contributed by atoms with Gasteiger partial charge in [0.25, 0.3) is 0 Å². The van der Waals surface area contributed by atoms with Crippen LogP contribution in [0.2, 0.25) is 5.28 Å². The third-order valence-corrected chi connectivity index (χ3v) is 1.58. The van der Waals surface area contributed by atoms with Crippen LogP contribution in [0.4, 0.5) is 0 Å². The molecule has 1 rings (SSSR count). The second-order valence-corrected chi connectivity index (χ2v) is 2.53. The van der Waals surface area contributed by atoms with Gasteiger partial charge in [-0.1, -0.05) is 0 Å². The third kappa shape index (κ3) is 1.85. The molecule has 14 heavy (non-hydrogen) atoms. The smallest absolute Gasteiger partial charge is 0.346 e. The van der Waals surface area contributed by atoms with Crippen LogP contribution >= 0.6 is 11.6 Å². The number of halogens is 1. The van der Waals surface area contributed by atoms with Crippen molar-refractivity contribution in [2.24, 2.45) is 0 Å². The number of nitrogens with zero attached hydrogens (tertiary/aromatic N) is 2. The molecule has 6 nitrogen and oxygen atoms in total. The first-order valence-corrected chi connectivity index (χ1v) is 3.86. The predicted molar refractivity (Wildman–Crippen MR) is 47.1 cm³/mol. The van der Waals surface area contributed by atoms with Crippen LogP contribution in [0.5, 0.6) is 11.8 Å². The summed E-state index contributed by atoms with van der Waals surface area (Å²) in [5.41, 5.74) is -0.251. The molecule has 1 aromatic rings. The summed E-state index contributed by atoms with van der Waals surface area (Å²) in [5, 5.41) is 8.68. The van der Waals surface area contributed by atoms with Crippen LogP contribution in [0.3, 0.4) is 0 Å². The highest BCUT2D eigenvalue weighted by molar-refractivity contribution is 6.28. The fraction of sp³-hybridized carbons (Fsp3) is 0.286. The molecule has 0 unspecified atom stereocenters. The molecule has 0 saturated heterocycles. The third-order valence-electron chi connectivity index (χ3n) is 1.42. The van der Waals surface area contributed by atoms with Gasteiger partial charge < -0.3 is 14.6 Å². The highest BCUT2D eigenvalue weighted by Crippen LogP contribution is 2.25. The molecule has 0 fully saturated rings. The van der Waals surface area contributed by atoms with Gasteiger partial charge in [-0.2, -0.15) is 9.97 Å². The molecular weight excluding hydrogens is 212 g/mol. The van der Waals surface area contributed by atoms with Crippen molar-refractivity contribution < 1.29 is 19.4 Å². The van der Waals surface area contributed by atoms with Crippen molar-refractivity contribution in [3.8, 4) is 11.8 Å². The molecule has 0 saturated carbocycles. The molecule has 1 heterocycles. The minimum absolute atomic E-state index is 0.130. The maximum absolute atomic E-state index is 10.8. The van der Waals surface area contributed by atoms with Gasteiger partial charge >= 0.3 is 5.97 Å². The molecular formula is C7H7ClN2O4. The maximum atomic E-state index is 10.8. The van der Waals surface area contributed by atoms with Gasteiger partial charge in [0.1, 0.15) is 0 Å². The number of carbonyl (C=O) groups is 1. The Morgan fingerprint density at radius 1 is 1.29 bits per heavy atom. The molecule has 0 aliphatic carbocycles. The van der Waals surface area contributed by atoms with Gasteiger partial charge in [-0.3, -0.25) is 0 Å². The van der Waals surface area contributed by atoms with Crippen molar-refractivity contribution in [2.75, 3.05) is 14.2 Å². The van der Waals surface area contributed by atoms with Crippen molar-refractivity contribution in [1.29, 1.82) is 0 Å². The molecule has 0 aliphatic heterocycles. The van der Waals surface area contributed by atoms with E-state index >= 15 is 0 Å². The van der Waals surface area contributed by atoms with E-state index in [4.69, 9.17) is 26.2 Å². The summed E-state index contributed by atoms with van der Waals surface area (Å²) in [6.07, 6.45) is 0. The van der Waals surface area contributed by atoms with Gasteiger partial charge in [0, 0.05) is 0 Å². The number of rotatable bonds is 3. The Balaban J connectivity index is 3.40. The largest absolute Gasteiger partial charge is 0.480 e. The number of ether oxygens (including phenoxy) is 2. The lowest BCUT2D eigenvalue weighted by molar-refractivity contribution is 0.0687. The van der Waals surface area contributed by atoms with Gasteiger partial charge in [-0.25, -0.2) is 4.79 Å². The minimum Gasteiger partial charge on any atom is -0.480 e. The number of carboxylic acid groups (broad SMARTS) is 1. The summed E-state index contributed by atoms with van der Waals surface area (Å²) in [4.78, 5) is 18.0. The number of carboxylic acids is 1. The molecule has 0 atom stereocenters. The molecule has 0 amide bonds. The lowest BCUT2D eigenvalue weighted by Crippen LogP contribution is -2.07. The molecule has 76 valence electrons. The lowest BCUT2D eigenvalue weighted by atomic mass is 10.3. The van der Waals surface area contributed by atoms with E-state index in [0.717, 1.165) is 0 Å². The number of hydrogen-bond donors (Lipinski definition) is 1. The number of hydrogen-bond acceptors (Lipinski definition) is 5. The van der Waals surface area contributed by atoms with Crippen LogP contribution in [-0.2, 0) is 0 Å². The van der Waals surface area contributed by atoms with E-state index in [9.17, 15) is 4.79 Å². The lowest BCUT2D eigenvalue weighted by Gasteiger charge is -2.07. The Labute approximate surface area is 84.5 Å². The predicted octanol–water partition coefficient (Wildman–Crippen LogP) is 0.845. The van der Waals surface area contributed by atoms with Crippen LogP contribution in [0.1, 0.15) is 10.4 Å². The highest BCUT2D eigenvalue weighted by Gasteiger charge is 2.21. The van der Waals surface area contributed by atoms with Gasteiger partial charge in [-0.05, 0) is 11.6 Å². The Kier molecular flexibility index (Phi) is 3.08. The van der Waals surface area contributed by atoms with E-state index in [1.54, 1.807) is 0 Å². The summed E-state index contributed by atoms with van der Waals surface area (Å²) in [7, 11) is 2.56. The summed E-state index contributed by atoms with van der Waals surface area (Å²) in [5.74, 6) is -1.50. The van der Waals surface area contributed by atoms with E-state index in [1.165, 1.54) is 14.2 Å². The molecule has 0 aliphatic rings. The van der Waals surface area contributed by atoms with Gasteiger partial charge in [0.15, 0.2) is 5.56 Å². The Morgan fingerprint density at radius 3 is 2.00 bits per heavy atom. The van der Waals surface area contributed by atoms with Crippen LogP contribution < -0.4 is 9.47 Å². The van der Waals surface area contributed by atoms with Crippen molar-refractivity contribution in [3.05, 3.63) is 10.8 Å². The van der Waals surface area contributed by atoms with Crippen LogP contribution in [0.25, 0.3) is 0 Å². The fourth-order valence-electron chi connectivity index (χ4n) is 0.874. The molecule has 7 heteroatoms. The molecule has 0 bridgehead atoms. The Bertz CT molecular complexity index is 344. The zero-order valence-corrected chi connectivity index (χ0v) is 8.20. The highest BCUT2D eigenvalue weighted by atomic mass is 35.5. The second kappa shape index (κ2) is 4.10. The standard InChI is InChI=1S/C7H7ClN2O4/c1-13-4-3(6(11)12)5(14-2)10-7(8)9-4/h1-2H3,(H,11,12). The zero-order valence-electron chi connectivity index (χ0n) is 7.44. The van der Waals surface area contributed by atoms with Crippen molar-refractivity contribution in [2.45, 2.75) is 0 Å². The summed E-state index contributed by atoms with van der Waals surface area (Å²) in [6, 6.07) is 0. The maximum Gasteiger partial charge on any atom is 0.346 e. The first kappa shape index (κ1) is 10.5. The van der Waals surface area contributed by atoms with E-state index in [0.29, 0.717) is 0 Å². The number of aromatic nitrogens is 2. The summed E-state index contributed by atoms with van der Waals surface area (Å²) in [6.45, 7) is 0. The van der Waals surface area contributed by atoms with Crippen LogP contribution in [0, 0.1) is 0 Å². The quantitative estimate of drug-likeness (QED) is 0.758. The van der Waals surface area contributed by atoms with Gasteiger partial charge in [-0.15, -0.1) is 0 Å². The van der Waals surface area contributed by atoms with E-state index < -0.39 is 5.97 Å². The molecule has 1 aromatic heterocycles. The van der Waals surface area contributed by atoms with Crippen LogP contribution in [0.15, 0.2) is 0 Å². The topological polar surface area (TPSA) is 81.5 Å². The molecule has 0 radical (unpaired) electrons.